The van der Waals surface area contributed by atoms with Crippen LogP contribution in [0.25, 0.3) is 0 Å². The molecule has 0 N–H and O–H groups in total. The van der Waals surface area contributed by atoms with Crippen molar-refractivity contribution in [2.24, 2.45) is 0 Å². The minimum Gasteiger partial charge on any atom is -0.372 e. The van der Waals surface area contributed by atoms with E-state index in [2.05, 4.69) is 39.2 Å². The van der Waals surface area contributed by atoms with E-state index in [0.29, 0.717) is 18.1 Å². The van der Waals surface area contributed by atoms with Crippen LogP contribution in [0.3, 0.4) is 0 Å². The van der Waals surface area contributed by atoms with Crippen LogP contribution in [0, 0.1) is 24.0 Å². The molecule has 0 saturated carbocycles. The first-order chi connectivity index (χ1) is 12.5. The molecular weight excluding hydrogens is 330 g/mol. The average molecular weight is 357 g/mol. The molecule has 1 fully saturated rings. The molecule has 0 amide bonds. The van der Waals surface area contributed by atoms with Crippen LogP contribution in [0.4, 0.5) is 11.4 Å². The predicted molar refractivity (Wildman–Crippen MR) is 102 cm³/mol. The van der Waals surface area contributed by atoms with Gasteiger partial charge in [-0.2, -0.15) is 5.10 Å². The van der Waals surface area contributed by atoms with E-state index in [1.807, 2.05) is 7.05 Å². The summed E-state index contributed by atoms with van der Waals surface area (Å²) in [6.45, 7) is 7.02. The highest BCUT2D eigenvalue weighted by molar-refractivity contribution is 5.47. The number of piperidine rings is 1. The largest absolute Gasteiger partial charge is 0.372 e. The van der Waals surface area contributed by atoms with E-state index in [-0.39, 0.29) is 10.6 Å². The minimum absolute atomic E-state index is 0.115. The zero-order valence-corrected chi connectivity index (χ0v) is 15.8. The number of anilines is 1. The van der Waals surface area contributed by atoms with Gasteiger partial charge in [-0.3, -0.25) is 15.0 Å². The number of aromatic nitrogens is 2. The average Bonchev–Trinajstić information content (AvgIpc) is 2.89. The number of hydrogen-bond donors (Lipinski definition) is 0. The number of benzene rings is 1. The second-order valence-electron chi connectivity index (χ2n) is 7.15. The van der Waals surface area contributed by atoms with Crippen molar-refractivity contribution < 1.29 is 4.92 Å². The summed E-state index contributed by atoms with van der Waals surface area (Å²) in [5.41, 5.74) is 3.70. The van der Waals surface area contributed by atoms with Crippen molar-refractivity contribution >= 4 is 11.4 Å². The van der Waals surface area contributed by atoms with Crippen molar-refractivity contribution in [1.82, 2.24) is 14.7 Å². The number of rotatable bonds is 6. The van der Waals surface area contributed by atoms with Crippen LogP contribution < -0.4 is 4.90 Å². The monoisotopic (exact) mass is 357 g/mol. The van der Waals surface area contributed by atoms with Gasteiger partial charge in [0, 0.05) is 25.3 Å². The van der Waals surface area contributed by atoms with Gasteiger partial charge in [0.25, 0.3) is 0 Å². The lowest BCUT2D eigenvalue weighted by molar-refractivity contribution is -0.386. The smallest absolute Gasteiger partial charge is 0.312 e. The van der Waals surface area contributed by atoms with Crippen LogP contribution in [0.5, 0.6) is 0 Å². The SMILES string of the molecule is Cc1nn(CN(C)Cc2ccc(N3CCCCC3)cc2)c(C)c1[N+](=O)[O-]. The van der Waals surface area contributed by atoms with Gasteiger partial charge in [-0.1, -0.05) is 12.1 Å². The number of nitro groups is 1. The molecule has 0 unspecified atom stereocenters. The summed E-state index contributed by atoms with van der Waals surface area (Å²) in [6.07, 6.45) is 3.89. The van der Waals surface area contributed by atoms with Gasteiger partial charge in [0.1, 0.15) is 11.4 Å². The summed E-state index contributed by atoms with van der Waals surface area (Å²) in [4.78, 5) is 15.3. The Bertz CT molecular complexity index is 763. The Morgan fingerprint density at radius 3 is 2.38 bits per heavy atom. The number of hydrogen-bond acceptors (Lipinski definition) is 5. The summed E-state index contributed by atoms with van der Waals surface area (Å²) in [7, 11) is 2.00. The fourth-order valence-corrected chi connectivity index (χ4v) is 3.64. The number of nitrogens with zero attached hydrogens (tertiary/aromatic N) is 5. The van der Waals surface area contributed by atoms with Crippen molar-refractivity contribution in [2.45, 2.75) is 46.3 Å². The minimum atomic E-state index is -0.354. The zero-order valence-electron chi connectivity index (χ0n) is 15.8. The molecule has 7 heteroatoms. The van der Waals surface area contributed by atoms with Gasteiger partial charge in [-0.15, -0.1) is 0 Å². The molecular formula is C19H27N5O2. The van der Waals surface area contributed by atoms with E-state index in [0.717, 1.165) is 19.6 Å². The van der Waals surface area contributed by atoms with Crippen LogP contribution in [-0.4, -0.2) is 39.7 Å². The third-order valence-electron chi connectivity index (χ3n) is 5.01. The van der Waals surface area contributed by atoms with Crippen molar-refractivity contribution in [1.29, 1.82) is 0 Å². The highest BCUT2D eigenvalue weighted by atomic mass is 16.6. The zero-order chi connectivity index (χ0) is 18.7. The molecule has 1 aromatic carbocycles. The molecule has 1 aromatic heterocycles. The first-order valence-electron chi connectivity index (χ1n) is 9.16. The van der Waals surface area contributed by atoms with Crippen LogP contribution in [-0.2, 0) is 13.2 Å². The third kappa shape index (κ3) is 4.04. The summed E-state index contributed by atoms with van der Waals surface area (Å²) in [5.74, 6) is 0. The van der Waals surface area contributed by atoms with Crippen molar-refractivity contribution in [3.8, 4) is 0 Å². The number of aryl methyl sites for hydroxylation is 1. The second kappa shape index (κ2) is 7.86. The first-order valence-corrected chi connectivity index (χ1v) is 9.16. The molecule has 1 saturated heterocycles. The van der Waals surface area contributed by atoms with Crippen molar-refractivity contribution in [3.05, 3.63) is 51.3 Å². The molecule has 0 bridgehead atoms. The Morgan fingerprint density at radius 2 is 1.81 bits per heavy atom. The third-order valence-corrected chi connectivity index (χ3v) is 5.01. The van der Waals surface area contributed by atoms with Crippen LogP contribution in [0.2, 0.25) is 0 Å². The fourth-order valence-electron chi connectivity index (χ4n) is 3.64. The molecule has 26 heavy (non-hydrogen) atoms. The van der Waals surface area contributed by atoms with E-state index < -0.39 is 0 Å². The fraction of sp³-hybridized carbons (Fsp3) is 0.526. The van der Waals surface area contributed by atoms with Crippen LogP contribution in [0.15, 0.2) is 24.3 Å². The highest BCUT2D eigenvalue weighted by Gasteiger charge is 2.22. The lowest BCUT2D eigenvalue weighted by Crippen LogP contribution is -2.29. The molecule has 0 spiro atoms. The molecule has 0 radical (unpaired) electrons. The standard InChI is InChI=1S/C19H27N5O2/c1-15-19(24(25)26)16(2)23(20-15)14-21(3)13-17-7-9-18(10-8-17)22-11-5-4-6-12-22/h7-10H,4-6,11-14H2,1-3H3. The summed E-state index contributed by atoms with van der Waals surface area (Å²) in [6, 6.07) is 8.74. The molecule has 2 heterocycles. The Morgan fingerprint density at radius 1 is 1.15 bits per heavy atom. The van der Waals surface area contributed by atoms with E-state index in [1.165, 1.54) is 30.5 Å². The van der Waals surface area contributed by atoms with Gasteiger partial charge >= 0.3 is 5.69 Å². The first kappa shape index (κ1) is 18.4. The lowest BCUT2D eigenvalue weighted by atomic mass is 10.1. The van der Waals surface area contributed by atoms with Crippen LogP contribution in [0.1, 0.15) is 36.2 Å². The molecule has 7 nitrogen and oxygen atoms in total. The van der Waals surface area contributed by atoms with E-state index >= 15 is 0 Å². The van der Waals surface area contributed by atoms with Crippen molar-refractivity contribution in [2.75, 3.05) is 25.0 Å². The van der Waals surface area contributed by atoms with E-state index in [1.54, 1.807) is 18.5 Å². The molecule has 140 valence electrons. The van der Waals surface area contributed by atoms with Crippen molar-refractivity contribution in [3.63, 3.8) is 0 Å². The maximum atomic E-state index is 11.1. The molecule has 1 aliphatic heterocycles. The Kier molecular flexibility index (Phi) is 5.56. The molecule has 1 aliphatic rings. The molecule has 3 rings (SSSR count). The Hall–Kier alpha value is -2.41. The Balaban J connectivity index is 1.62. The quantitative estimate of drug-likeness (QED) is 0.585. The molecule has 0 aliphatic carbocycles. The van der Waals surface area contributed by atoms with Gasteiger partial charge in [-0.25, -0.2) is 4.68 Å². The van der Waals surface area contributed by atoms with Gasteiger partial charge in [0.15, 0.2) is 0 Å². The van der Waals surface area contributed by atoms with E-state index in [4.69, 9.17) is 0 Å². The van der Waals surface area contributed by atoms with Gasteiger partial charge < -0.3 is 4.90 Å². The normalized spacial score (nSPS) is 14.8. The summed E-state index contributed by atoms with van der Waals surface area (Å²) >= 11 is 0. The molecule has 2 aromatic rings. The lowest BCUT2D eigenvalue weighted by Gasteiger charge is -2.29. The maximum absolute atomic E-state index is 11.1. The second-order valence-corrected chi connectivity index (χ2v) is 7.15. The Labute approximate surface area is 154 Å². The molecule has 0 atom stereocenters. The summed E-state index contributed by atoms with van der Waals surface area (Å²) < 4.78 is 1.70. The predicted octanol–water partition coefficient (Wildman–Crippen LogP) is 3.49. The van der Waals surface area contributed by atoms with Gasteiger partial charge in [0.2, 0.25) is 0 Å². The van der Waals surface area contributed by atoms with Gasteiger partial charge in [-0.05, 0) is 57.9 Å². The topological polar surface area (TPSA) is 67.4 Å². The highest BCUT2D eigenvalue weighted by Crippen LogP contribution is 2.23. The van der Waals surface area contributed by atoms with Crippen LogP contribution >= 0.6 is 0 Å². The van der Waals surface area contributed by atoms with E-state index in [9.17, 15) is 10.1 Å². The summed E-state index contributed by atoms with van der Waals surface area (Å²) in [5, 5.41) is 15.4. The maximum Gasteiger partial charge on any atom is 0.312 e. The van der Waals surface area contributed by atoms with Gasteiger partial charge in [0.05, 0.1) is 11.6 Å².